The number of alkyl halides is 2. The topological polar surface area (TPSA) is 58.1 Å². The molecule has 1 aliphatic heterocycles. The van der Waals surface area contributed by atoms with E-state index in [0.29, 0.717) is 22.9 Å². The summed E-state index contributed by atoms with van der Waals surface area (Å²) in [5.41, 5.74) is 4.03. The van der Waals surface area contributed by atoms with Gasteiger partial charge in [0.2, 0.25) is 0 Å². The van der Waals surface area contributed by atoms with Crippen molar-refractivity contribution >= 4 is 23.0 Å². The van der Waals surface area contributed by atoms with E-state index in [9.17, 15) is 8.78 Å². The Labute approximate surface area is 151 Å². The van der Waals surface area contributed by atoms with Gasteiger partial charge in [-0.3, -0.25) is 10.3 Å². The van der Waals surface area contributed by atoms with Crippen LogP contribution in [0.15, 0.2) is 29.4 Å². The molecule has 0 aromatic heterocycles. The second kappa shape index (κ2) is 10.2. The number of thiocarbonyl (C=S) groups is 1. The van der Waals surface area contributed by atoms with Gasteiger partial charge >= 0.3 is 6.61 Å². The van der Waals surface area contributed by atoms with Crippen LogP contribution in [0.5, 0.6) is 5.75 Å². The maximum absolute atomic E-state index is 12.3. The van der Waals surface area contributed by atoms with Crippen LogP contribution < -0.4 is 15.5 Å². The summed E-state index contributed by atoms with van der Waals surface area (Å²) in [6.45, 7) is 3.87. The molecule has 0 bridgehead atoms. The highest BCUT2D eigenvalue weighted by atomic mass is 32.1. The number of hydrazone groups is 1. The molecule has 6 nitrogen and oxygen atoms in total. The van der Waals surface area contributed by atoms with Crippen LogP contribution in [-0.2, 0) is 4.74 Å². The number of hydrogen-bond donors (Lipinski definition) is 2. The summed E-state index contributed by atoms with van der Waals surface area (Å²) in [4.78, 5) is 2.29. The Morgan fingerprint density at radius 3 is 2.88 bits per heavy atom. The molecular formula is C16H22F2N4O2S. The van der Waals surface area contributed by atoms with Gasteiger partial charge in [-0.2, -0.15) is 13.9 Å². The summed E-state index contributed by atoms with van der Waals surface area (Å²) in [5, 5.41) is 7.66. The van der Waals surface area contributed by atoms with Gasteiger partial charge in [0.05, 0.1) is 18.9 Å². The first-order chi connectivity index (χ1) is 12.0. The van der Waals surface area contributed by atoms with Crippen LogP contribution in [0.2, 0.25) is 0 Å². The highest BCUT2D eigenvalue weighted by molar-refractivity contribution is 7.80. The van der Waals surface area contributed by atoms with Crippen molar-refractivity contribution in [1.82, 2.24) is 15.6 Å². The molecule has 9 heteroatoms. The van der Waals surface area contributed by atoms with E-state index in [-0.39, 0.29) is 5.75 Å². The van der Waals surface area contributed by atoms with Crippen molar-refractivity contribution in [3.05, 3.63) is 29.8 Å². The second-order valence-corrected chi connectivity index (χ2v) is 5.83. The number of benzene rings is 1. The van der Waals surface area contributed by atoms with Crippen LogP contribution in [0.25, 0.3) is 0 Å². The number of nitrogens with zero attached hydrogens (tertiary/aromatic N) is 2. The van der Waals surface area contributed by atoms with Gasteiger partial charge in [0.25, 0.3) is 0 Å². The molecule has 0 amide bonds. The van der Waals surface area contributed by atoms with Crippen molar-refractivity contribution in [2.75, 3.05) is 39.4 Å². The van der Waals surface area contributed by atoms with Crippen LogP contribution in [0, 0.1) is 0 Å². The number of ether oxygens (including phenoxy) is 2. The monoisotopic (exact) mass is 372 g/mol. The van der Waals surface area contributed by atoms with Gasteiger partial charge in [0.1, 0.15) is 5.75 Å². The number of rotatable bonds is 7. The molecule has 0 saturated carbocycles. The molecule has 0 atom stereocenters. The minimum absolute atomic E-state index is 0.0910. The van der Waals surface area contributed by atoms with Gasteiger partial charge in [0, 0.05) is 31.7 Å². The molecule has 1 aromatic rings. The molecule has 1 fully saturated rings. The number of hydrogen-bond acceptors (Lipinski definition) is 5. The highest BCUT2D eigenvalue weighted by Gasteiger charge is 2.09. The second-order valence-electron chi connectivity index (χ2n) is 5.43. The number of halogens is 2. The van der Waals surface area contributed by atoms with Crippen LogP contribution in [0.3, 0.4) is 0 Å². The summed E-state index contributed by atoms with van der Waals surface area (Å²) in [5.74, 6) is 0.0910. The van der Waals surface area contributed by atoms with E-state index in [1.807, 2.05) is 0 Å². The molecule has 0 spiro atoms. The minimum Gasteiger partial charge on any atom is -0.435 e. The largest absolute Gasteiger partial charge is 0.435 e. The lowest BCUT2D eigenvalue weighted by atomic mass is 10.1. The zero-order chi connectivity index (χ0) is 18.1. The summed E-state index contributed by atoms with van der Waals surface area (Å²) < 4.78 is 34.2. The van der Waals surface area contributed by atoms with Crippen molar-refractivity contribution in [2.24, 2.45) is 5.10 Å². The summed E-state index contributed by atoms with van der Waals surface area (Å²) in [7, 11) is 0. The zero-order valence-electron chi connectivity index (χ0n) is 14.0. The normalized spacial score (nSPS) is 15.9. The first-order valence-corrected chi connectivity index (χ1v) is 8.39. The smallest absolute Gasteiger partial charge is 0.387 e. The maximum Gasteiger partial charge on any atom is 0.387 e. The first kappa shape index (κ1) is 19.5. The molecule has 1 heterocycles. The predicted molar refractivity (Wildman–Crippen MR) is 96.3 cm³/mol. The van der Waals surface area contributed by atoms with Crippen molar-refractivity contribution in [3.8, 4) is 5.75 Å². The molecule has 0 aliphatic carbocycles. The average molecular weight is 372 g/mol. The molecule has 1 aromatic carbocycles. The third kappa shape index (κ3) is 7.29. The third-order valence-corrected chi connectivity index (χ3v) is 3.86. The van der Waals surface area contributed by atoms with Crippen LogP contribution in [-0.4, -0.2) is 61.7 Å². The summed E-state index contributed by atoms with van der Waals surface area (Å²) >= 11 is 5.18. The van der Waals surface area contributed by atoms with E-state index in [2.05, 4.69) is 25.5 Å². The molecule has 138 valence electrons. The Morgan fingerprint density at radius 1 is 1.40 bits per heavy atom. The van der Waals surface area contributed by atoms with Crippen LogP contribution >= 0.6 is 12.2 Å². The van der Waals surface area contributed by atoms with Gasteiger partial charge in [0.15, 0.2) is 5.11 Å². The fourth-order valence-electron chi connectivity index (χ4n) is 2.29. The SMILES string of the molecule is C/C(=N\NC(=S)NCCN1CCOCC1)c1cccc(OC(F)F)c1. The summed E-state index contributed by atoms with van der Waals surface area (Å²) in [6, 6.07) is 6.36. The van der Waals surface area contributed by atoms with E-state index in [4.69, 9.17) is 17.0 Å². The van der Waals surface area contributed by atoms with Crippen molar-refractivity contribution in [2.45, 2.75) is 13.5 Å². The third-order valence-electron chi connectivity index (χ3n) is 3.62. The first-order valence-electron chi connectivity index (χ1n) is 7.98. The van der Waals surface area contributed by atoms with Crippen molar-refractivity contribution in [3.63, 3.8) is 0 Å². The van der Waals surface area contributed by atoms with E-state index in [1.54, 1.807) is 19.1 Å². The van der Waals surface area contributed by atoms with Gasteiger partial charge in [-0.15, -0.1) is 0 Å². The van der Waals surface area contributed by atoms with E-state index < -0.39 is 6.61 Å². The lowest BCUT2D eigenvalue weighted by Gasteiger charge is -2.26. The van der Waals surface area contributed by atoms with Crippen LogP contribution in [0.4, 0.5) is 8.78 Å². The van der Waals surface area contributed by atoms with Gasteiger partial charge in [-0.05, 0) is 31.3 Å². The Balaban J connectivity index is 1.76. The van der Waals surface area contributed by atoms with E-state index in [0.717, 1.165) is 32.8 Å². The quantitative estimate of drug-likeness (QED) is 0.433. The Kier molecular flexibility index (Phi) is 7.96. The van der Waals surface area contributed by atoms with Crippen molar-refractivity contribution < 1.29 is 18.3 Å². The Bertz CT molecular complexity index is 595. The standard InChI is InChI=1S/C16H22F2N4O2S/c1-12(13-3-2-4-14(11-13)24-15(17)18)20-21-16(25)19-5-6-22-7-9-23-10-8-22/h2-4,11,15H,5-10H2,1H3,(H2,19,21,25)/b20-12+. The lowest BCUT2D eigenvalue weighted by molar-refractivity contribution is -0.0498. The fourth-order valence-corrected chi connectivity index (χ4v) is 2.44. The minimum atomic E-state index is -2.85. The molecule has 25 heavy (non-hydrogen) atoms. The zero-order valence-corrected chi connectivity index (χ0v) is 14.8. The van der Waals surface area contributed by atoms with Gasteiger partial charge < -0.3 is 14.8 Å². The van der Waals surface area contributed by atoms with E-state index in [1.165, 1.54) is 12.1 Å². The molecule has 0 radical (unpaired) electrons. The fraction of sp³-hybridized carbons (Fsp3) is 0.500. The van der Waals surface area contributed by atoms with Gasteiger partial charge in [-0.1, -0.05) is 12.1 Å². The van der Waals surface area contributed by atoms with Crippen molar-refractivity contribution in [1.29, 1.82) is 0 Å². The molecule has 1 saturated heterocycles. The molecule has 1 aliphatic rings. The highest BCUT2D eigenvalue weighted by Crippen LogP contribution is 2.16. The van der Waals surface area contributed by atoms with E-state index >= 15 is 0 Å². The average Bonchev–Trinajstić information content (AvgIpc) is 2.60. The summed E-state index contributed by atoms with van der Waals surface area (Å²) in [6.07, 6.45) is 0. The molecule has 2 rings (SSSR count). The predicted octanol–water partition coefficient (Wildman–Crippen LogP) is 1.81. The Hall–Kier alpha value is -1.84. The number of nitrogens with one attached hydrogen (secondary N) is 2. The molecule has 0 unspecified atom stereocenters. The Morgan fingerprint density at radius 2 is 2.16 bits per heavy atom. The number of morpholine rings is 1. The maximum atomic E-state index is 12.3. The molecular weight excluding hydrogens is 350 g/mol. The lowest BCUT2D eigenvalue weighted by Crippen LogP contribution is -2.42. The molecule has 2 N–H and O–H groups in total. The van der Waals surface area contributed by atoms with Gasteiger partial charge in [-0.25, -0.2) is 0 Å². The van der Waals surface area contributed by atoms with Crippen LogP contribution in [0.1, 0.15) is 12.5 Å².